The number of carbonyl (C=O) groups is 1. The number of anilines is 1. The van der Waals surface area contributed by atoms with Crippen molar-refractivity contribution in [1.29, 1.82) is 0 Å². The van der Waals surface area contributed by atoms with Gasteiger partial charge in [-0.05, 0) is 36.1 Å². The summed E-state index contributed by atoms with van der Waals surface area (Å²) in [6.07, 6.45) is 2.85. The predicted octanol–water partition coefficient (Wildman–Crippen LogP) is 4.24. The Labute approximate surface area is 172 Å². The molecule has 0 fully saturated rings. The zero-order valence-corrected chi connectivity index (χ0v) is 17.0. The van der Waals surface area contributed by atoms with Crippen molar-refractivity contribution in [3.8, 4) is 0 Å². The normalized spacial score (nSPS) is 13.0. The van der Waals surface area contributed by atoms with Gasteiger partial charge in [-0.1, -0.05) is 54.7 Å². The molecule has 4 aromatic rings. The molecule has 6 nitrogen and oxygen atoms in total. The first kappa shape index (κ1) is 18.0. The van der Waals surface area contributed by atoms with E-state index in [1.54, 1.807) is 16.2 Å². The Morgan fingerprint density at radius 1 is 1.14 bits per heavy atom. The molecule has 2 aromatic heterocycles. The van der Waals surface area contributed by atoms with Gasteiger partial charge in [0.1, 0.15) is 5.82 Å². The van der Waals surface area contributed by atoms with Gasteiger partial charge in [0.05, 0.1) is 16.8 Å². The van der Waals surface area contributed by atoms with Gasteiger partial charge in [-0.25, -0.2) is 4.98 Å². The number of fused-ring (bicyclic) bond motifs is 2. The fraction of sp³-hybridized carbons (Fsp3) is 0.273. The lowest BCUT2D eigenvalue weighted by Crippen LogP contribution is -2.32. The average Bonchev–Trinajstić information content (AvgIpc) is 3.46. The van der Waals surface area contributed by atoms with Gasteiger partial charge in [0.15, 0.2) is 5.13 Å². The molecule has 29 heavy (non-hydrogen) atoms. The van der Waals surface area contributed by atoms with E-state index in [1.807, 2.05) is 41.0 Å². The number of aryl methyl sites for hydroxylation is 2. The van der Waals surface area contributed by atoms with E-state index in [0.717, 1.165) is 47.4 Å². The van der Waals surface area contributed by atoms with Crippen LogP contribution in [0.25, 0.3) is 10.2 Å². The summed E-state index contributed by atoms with van der Waals surface area (Å²) in [7, 11) is 0. The second-order valence-corrected chi connectivity index (χ2v) is 8.23. The van der Waals surface area contributed by atoms with Crippen LogP contribution in [-0.4, -0.2) is 25.7 Å². The number of rotatable bonds is 5. The highest BCUT2D eigenvalue weighted by atomic mass is 32.1. The Bertz CT molecular complexity index is 1180. The van der Waals surface area contributed by atoms with Gasteiger partial charge in [0.25, 0.3) is 5.91 Å². The number of benzene rings is 2. The number of aromatic nitrogens is 4. The van der Waals surface area contributed by atoms with Crippen LogP contribution >= 0.6 is 11.3 Å². The van der Waals surface area contributed by atoms with Crippen LogP contribution in [0.2, 0.25) is 0 Å². The van der Waals surface area contributed by atoms with Gasteiger partial charge in [0.2, 0.25) is 5.82 Å². The molecule has 7 heteroatoms. The van der Waals surface area contributed by atoms with Crippen molar-refractivity contribution in [3.63, 3.8) is 0 Å². The van der Waals surface area contributed by atoms with Gasteiger partial charge >= 0.3 is 0 Å². The molecular formula is C22H21N5OS. The Hall–Kier alpha value is -3.06. The first-order chi connectivity index (χ1) is 14.2. The zero-order valence-electron chi connectivity index (χ0n) is 16.2. The minimum absolute atomic E-state index is 0.149. The number of thiazole rings is 1. The third-order valence-electron chi connectivity index (χ3n) is 5.31. The third-order valence-corrected chi connectivity index (χ3v) is 6.35. The van der Waals surface area contributed by atoms with E-state index in [2.05, 4.69) is 29.3 Å². The molecule has 5 rings (SSSR count). The second-order valence-electron chi connectivity index (χ2n) is 7.22. The molecule has 146 valence electrons. The standard InChI is InChI=1S/C22H21N5OS/c1-2-15-10-11-17-18(13-15)29-22(23-17)27(14-16-7-4-3-5-8-16)21(28)20-25-24-19-9-6-12-26(19)20/h3-5,7-8,10-11,13H,2,6,9,12,14H2,1H3. The summed E-state index contributed by atoms with van der Waals surface area (Å²) in [5, 5.41) is 9.11. The highest BCUT2D eigenvalue weighted by Gasteiger charge is 2.29. The van der Waals surface area contributed by atoms with Gasteiger partial charge in [-0.2, -0.15) is 0 Å². The smallest absolute Gasteiger partial charge is 0.298 e. The maximum Gasteiger partial charge on any atom is 0.298 e. The summed E-state index contributed by atoms with van der Waals surface area (Å²) in [6.45, 7) is 3.38. The van der Waals surface area contributed by atoms with Crippen molar-refractivity contribution in [3.05, 3.63) is 71.3 Å². The average molecular weight is 404 g/mol. The first-order valence-corrected chi connectivity index (χ1v) is 10.7. The Morgan fingerprint density at radius 2 is 2.00 bits per heavy atom. The van der Waals surface area contributed by atoms with Crippen molar-refractivity contribution in [2.24, 2.45) is 0 Å². The van der Waals surface area contributed by atoms with Crippen LogP contribution in [0.5, 0.6) is 0 Å². The minimum Gasteiger partial charge on any atom is -0.307 e. The Kier molecular flexibility index (Phi) is 4.60. The van der Waals surface area contributed by atoms with Crippen LogP contribution in [0, 0.1) is 0 Å². The van der Waals surface area contributed by atoms with Crippen molar-refractivity contribution >= 4 is 32.6 Å². The van der Waals surface area contributed by atoms with Gasteiger partial charge in [0, 0.05) is 13.0 Å². The molecule has 0 N–H and O–H groups in total. The SMILES string of the molecule is CCc1ccc2nc(N(Cc3ccccc3)C(=O)c3nnc4n3CCC4)sc2c1. The number of hydrogen-bond donors (Lipinski definition) is 0. The number of hydrogen-bond acceptors (Lipinski definition) is 5. The van der Waals surface area contributed by atoms with E-state index in [0.29, 0.717) is 17.5 Å². The largest absolute Gasteiger partial charge is 0.307 e. The molecule has 0 atom stereocenters. The van der Waals surface area contributed by atoms with Crippen LogP contribution in [-0.2, 0) is 25.9 Å². The molecule has 0 saturated carbocycles. The third kappa shape index (κ3) is 3.31. The van der Waals surface area contributed by atoms with E-state index >= 15 is 0 Å². The van der Waals surface area contributed by atoms with Crippen LogP contribution in [0.4, 0.5) is 5.13 Å². The van der Waals surface area contributed by atoms with Crippen LogP contribution in [0.15, 0.2) is 48.5 Å². The first-order valence-electron chi connectivity index (χ1n) is 9.90. The van der Waals surface area contributed by atoms with Gasteiger partial charge in [-0.3, -0.25) is 9.69 Å². The topological polar surface area (TPSA) is 63.9 Å². The molecule has 0 spiro atoms. The van der Waals surface area contributed by atoms with Gasteiger partial charge in [-0.15, -0.1) is 10.2 Å². The summed E-state index contributed by atoms with van der Waals surface area (Å²) >= 11 is 1.55. The van der Waals surface area contributed by atoms with E-state index in [1.165, 1.54) is 5.56 Å². The Morgan fingerprint density at radius 3 is 2.83 bits per heavy atom. The fourth-order valence-corrected chi connectivity index (χ4v) is 4.74. The highest BCUT2D eigenvalue weighted by Crippen LogP contribution is 2.32. The highest BCUT2D eigenvalue weighted by molar-refractivity contribution is 7.22. The lowest BCUT2D eigenvalue weighted by Gasteiger charge is -2.19. The second kappa shape index (κ2) is 7.40. The molecular weight excluding hydrogens is 382 g/mol. The molecule has 0 radical (unpaired) electrons. The molecule has 0 bridgehead atoms. The molecule has 0 aliphatic carbocycles. The lowest BCUT2D eigenvalue weighted by molar-refractivity contribution is 0.0970. The van der Waals surface area contributed by atoms with E-state index < -0.39 is 0 Å². The lowest BCUT2D eigenvalue weighted by atomic mass is 10.2. The Balaban J connectivity index is 1.57. The van der Waals surface area contributed by atoms with E-state index in [-0.39, 0.29) is 5.91 Å². The zero-order chi connectivity index (χ0) is 19.8. The number of carbonyl (C=O) groups excluding carboxylic acids is 1. The maximum atomic E-state index is 13.5. The van der Waals surface area contributed by atoms with Crippen molar-refractivity contribution in [2.75, 3.05) is 4.90 Å². The van der Waals surface area contributed by atoms with Crippen molar-refractivity contribution in [2.45, 2.75) is 39.3 Å². The molecule has 1 aliphatic rings. The molecule has 2 aromatic carbocycles. The van der Waals surface area contributed by atoms with E-state index in [9.17, 15) is 4.79 Å². The summed E-state index contributed by atoms with van der Waals surface area (Å²) in [6, 6.07) is 16.3. The number of amides is 1. The van der Waals surface area contributed by atoms with Crippen molar-refractivity contribution < 1.29 is 4.79 Å². The molecule has 1 aliphatic heterocycles. The monoisotopic (exact) mass is 403 g/mol. The van der Waals surface area contributed by atoms with E-state index in [4.69, 9.17) is 4.98 Å². The molecule has 0 unspecified atom stereocenters. The summed E-state index contributed by atoms with van der Waals surface area (Å²) in [4.78, 5) is 20.1. The van der Waals surface area contributed by atoms with Crippen LogP contribution in [0.1, 0.15) is 40.9 Å². The summed E-state index contributed by atoms with van der Waals surface area (Å²) in [5.74, 6) is 1.15. The molecule has 3 heterocycles. The molecule has 1 amide bonds. The van der Waals surface area contributed by atoms with Gasteiger partial charge < -0.3 is 4.57 Å². The van der Waals surface area contributed by atoms with Crippen molar-refractivity contribution in [1.82, 2.24) is 19.7 Å². The molecule has 0 saturated heterocycles. The predicted molar refractivity (Wildman–Crippen MR) is 114 cm³/mol. The minimum atomic E-state index is -0.149. The van der Waals surface area contributed by atoms with Crippen LogP contribution < -0.4 is 4.90 Å². The number of nitrogens with zero attached hydrogens (tertiary/aromatic N) is 5. The fourth-order valence-electron chi connectivity index (χ4n) is 3.71. The van der Waals surface area contributed by atoms with Crippen LogP contribution in [0.3, 0.4) is 0 Å². The maximum absolute atomic E-state index is 13.5. The summed E-state index contributed by atoms with van der Waals surface area (Å²) < 4.78 is 3.04. The quantitative estimate of drug-likeness (QED) is 0.500. The summed E-state index contributed by atoms with van der Waals surface area (Å²) in [5.41, 5.74) is 3.24.